The van der Waals surface area contributed by atoms with Crippen molar-refractivity contribution in [2.24, 2.45) is 4.99 Å². The third-order valence-corrected chi connectivity index (χ3v) is 4.43. The van der Waals surface area contributed by atoms with Crippen LogP contribution in [-0.4, -0.2) is 17.6 Å². The van der Waals surface area contributed by atoms with E-state index in [2.05, 4.69) is 4.99 Å². The molecule has 0 aliphatic heterocycles. The predicted octanol–water partition coefficient (Wildman–Crippen LogP) is 3.12. The van der Waals surface area contributed by atoms with Crippen LogP contribution in [0.3, 0.4) is 0 Å². The highest BCUT2D eigenvalue weighted by atomic mass is 32.1. The van der Waals surface area contributed by atoms with Crippen molar-refractivity contribution in [3.8, 4) is 0 Å². The van der Waals surface area contributed by atoms with E-state index in [4.69, 9.17) is 4.74 Å². The maximum absolute atomic E-state index is 12.6. The number of ether oxygens (including phenoxy) is 1. The predicted molar refractivity (Wildman–Crippen MR) is 94.2 cm³/mol. The summed E-state index contributed by atoms with van der Waals surface area (Å²) in [7, 11) is 1.29. The number of aromatic nitrogens is 1. The van der Waals surface area contributed by atoms with Crippen LogP contribution >= 0.6 is 11.3 Å². The molecule has 5 nitrogen and oxygen atoms in total. The van der Waals surface area contributed by atoms with Gasteiger partial charge < -0.3 is 4.74 Å². The minimum absolute atomic E-state index is 0.230. The van der Waals surface area contributed by atoms with Crippen molar-refractivity contribution in [1.29, 1.82) is 0 Å². The Morgan fingerprint density at radius 3 is 2.71 bits per heavy atom. The van der Waals surface area contributed by atoms with Gasteiger partial charge in [0.25, 0.3) is 5.56 Å². The lowest BCUT2D eigenvalue weighted by Crippen LogP contribution is -2.31. The summed E-state index contributed by atoms with van der Waals surface area (Å²) in [5, 5.41) is 0. The molecule has 24 heavy (non-hydrogen) atoms. The molecule has 0 amide bonds. The second kappa shape index (κ2) is 7.23. The minimum Gasteiger partial charge on any atom is -0.465 e. The van der Waals surface area contributed by atoms with Gasteiger partial charge in [0.05, 0.1) is 12.8 Å². The fraction of sp³-hybridized carbons (Fsp3) is 0.167. The SMILES string of the molecule is COC(=O)c1cc(=O)n(C2=CCCC=C2)c(=Nc2ccccc2)s1. The molecule has 0 atom stereocenters. The van der Waals surface area contributed by atoms with Crippen molar-refractivity contribution in [2.45, 2.75) is 12.8 Å². The first-order valence-corrected chi connectivity index (χ1v) is 8.33. The van der Waals surface area contributed by atoms with E-state index < -0.39 is 5.97 Å². The Hall–Kier alpha value is -2.73. The molecule has 0 N–H and O–H groups in total. The van der Waals surface area contributed by atoms with Crippen LogP contribution in [0.25, 0.3) is 5.70 Å². The molecule has 3 rings (SSSR count). The van der Waals surface area contributed by atoms with Crippen LogP contribution in [0.2, 0.25) is 0 Å². The molecule has 0 spiro atoms. The fourth-order valence-electron chi connectivity index (χ4n) is 2.33. The lowest BCUT2D eigenvalue weighted by atomic mass is 10.1. The Bertz CT molecular complexity index is 937. The number of carbonyl (C=O) groups is 1. The summed E-state index contributed by atoms with van der Waals surface area (Å²) in [6.45, 7) is 0. The van der Waals surface area contributed by atoms with Crippen molar-refractivity contribution >= 4 is 28.7 Å². The van der Waals surface area contributed by atoms with E-state index in [1.807, 2.05) is 48.6 Å². The Morgan fingerprint density at radius 2 is 2.04 bits per heavy atom. The highest BCUT2D eigenvalue weighted by molar-refractivity contribution is 7.11. The molecule has 0 unspecified atom stereocenters. The summed E-state index contributed by atoms with van der Waals surface area (Å²) < 4.78 is 6.26. The number of esters is 1. The molecule has 0 radical (unpaired) electrons. The smallest absolute Gasteiger partial charge is 0.348 e. The summed E-state index contributed by atoms with van der Waals surface area (Å²) in [5.41, 5.74) is 1.18. The maximum Gasteiger partial charge on any atom is 0.348 e. The van der Waals surface area contributed by atoms with Crippen LogP contribution in [0.4, 0.5) is 5.69 Å². The van der Waals surface area contributed by atoms with Gasteiger partial charge in [-0.15, -0.1) is 0 Å². The van der Waals surface area contributed by atoms with E-state index in [9.17, 15) is 9.59 Å². The molecule has 1 aromatic carbocycles. The number of para-hydroxylation sites is 1. The Kier molecular flexibility index (Phi) is 4.86. The first-order valence-electron chi connectivity index (χ1n) is 7.51. The number of hydrogen-bond donors (Lipinski definition) is 0. The first-order chi connectivity index (χ1) is 11.7. The summed E-state index contributed by atoms with van der Waals surface area (Å²) in [6, 6.07) is 10.6. The van der Waals surface area contributed by atoms with E-state index in [0.29, 0.717) is 10.5 Å². The molecule has 1 aliphatic rings. The summed E-state index contributed by atoms with van der Waals surface area (Å²) >= 11 is 1.13. The third kappa shape index (κ3) is 3.44. The molecule has 1 aliphatic carbocycles. The van der Waals surface area contributed by atoms with Crippen LogP contribution in [0, 0.1) is 0 Å². The topological polar surface area (TPSA) is 60.7 Å². The molecular weight excluding hydrogens is 324 g/mol. The van der Waals surface area contributed by atoms with Crippen molar-refractivity contribution in [2.75, 3.05) is 7.11 Å². The Labute approximate surface area is 142 Å². The number of methoxy groups -OCH3 is 1. The average Bonchev–Trinajstić information content (AvgIpc) is 2.62. The minimum atomic E-state index is -0.540. The van der Waals surface area contributed by atoms with Gasteiger partial charge in [-0.1, -0.05) is 41.7 Å². The van der Waals surface area contributed by atoms with Crippen molar-refractivity contribution < 1.29 is 9.53 Å². The third-order valence-electron chi connectivity index (χ3n) is 3.47. The number of hydrogen-bond acceptors (Lipinski definition) is 5. The molecule has 1 aromatic heterocycles. The molecule has 1 heterocycles. The summed E-state index contributed by atoms with van der Waals surface area (Å²) in [5.74, 6) is -0.540. The number of rotatable bonds is 3. The lowest BCUT2D eigenvalue weighted by Gasteiger charge is -2.11. The number of allylic oxidation sites excluding steroid dienone is 4. The molecule has 0 saturated heterocycles. The number of benzene rings is 1. The lowest BCUT2D eigenvalue weighted by molar-refractivity contribution is 0.0606. The molecule has 6 heteroatoms. The van der Waals surface area contributed by atoms with Crippen molar-refractivity contribution in [3.63, 3.8) is 0 Å². The fourth-order valence-corrected chi connectivity index (χ4v) is 3.30. The van der Waals surface area contributed by atoms with Crippen LogP contribution < -0.4 is 10.4 Å². The van der Waals surface area contributed by atoms with Crippen LogP contribution in [0.1, 0.15) is 22.5 Å². The highest BCUT2D eigenvalue weighted by Crippen LogP contribution is 2.14. The van der Waals surface area contributed by atoms with Gasteiger partial charge >= 0.3 is 5.97 Å². The van der Waals surface area contributed by atoms with Gasteiger partial charge in [-0.2, -0.15) is 0 Å². The van der Waals surface area contributed by atoms with Gasteiger partial charge in [0.1, 0.15) is 4.88 Å². The van der Waals surface area contributed by atoms with Crippen LogP contribution in [0.5, 0.6) is 0 Å². The standard InChI is InChI=1S/C18H16N2O3S/c1-23-17(22)15-12-16(21)20(14-10-6-3-7-11-14)18(24-15)19-13-8-4-2-5-9-13/h2,4-6,8-12H,3,7H2,1H3. The van der Waals surface area contributed by atoms with E-state index >= 15 is 0 Å². The van der Waals surface area contributed by atoms with Crippen molar-refractivity contribution in [1.82, 2.24) is 4.57 Å². The highest BCUT2D eigenvalue weighted by Gasteiger charge is 2.13. The van der Waals surface area contributed by atoms with Gasteiger partial charge in [0.2, 0.25) is 0 Å². The first kappa shape index (κ1) is 16.1. The van der Waals surface area contributed by atoms with Gasteiger partial charge in [-0.3, -0.25) is 9.36 Å². The monoisotopic (exact) mass is 340 g/mol. The van der Waals surface area contributed by atoms with E-state index in [0.717, 1.165) is 29.9 Å². The Balaban J connectivity index is 2.26. The second-order valence-corrected chi connectivity index (χ2v) is 6.12. The van der Waals surface area contributed by atoms with Crippen LogP contribution in [-0.2, 0) is 4.74 Å². The zero-order valence-electron chi connectivity index (χ0n) is 13.1. The summed E-state index contributed by atoms with van der Waals surface area (Å²) in [4.78, 5) is 29.6. The van der Waals surface area contributed by atoms with Crippen molar-refractivity contribution in [3.05, 3.63) is 74.7 Å². The van der Waals surface area contributed by atoms with E-state index in [-0.39, 0.29) is 10.4 Å². The Morgan fingerprint density at radius 1 is 1.25 bits per heavy atom. The molecule has 122 valence electrons. The molecular formula is C18H16N2O3S. The zero-order chi connectivity index (χ0) is 16.9. The molecule has 0 saturated carbocycles. The van der Waals surface area contributed by atoms with Crippen LogP contribution in [0.15, 0.2) is 64.4 Å². The molecule has 0 fully saturated rings. The largest absolute Gasteiger partial charge is 0.465 e. The molecule has 0 bridgehead atoms. The number of nitrogens with zero attached hydrogens (tertiary/aromatic N) is 2. The second-order valence-electron chi connectivity index (χ2n) is 5.11. The quantitative estimate of drug-likeness (QED) is 0.807. The number of carbonyl (C=O) groups excluding carboxylic acids is 1. The summed E-state index contributed by atoms with van der Waals surface area (Å²) in [6.07, 6.45) is 7.74. The van der Waals surface area contributed by atoms with Gasteiger partial charge in [0, 0.05) is 11.8 Å². The van der Waals surface area contributed by atoms with Gasteiger partial charge in [-0.05, 0) is 31.1 Å². The van der Waals surface area contributed by atoms with E-state index in [1.165, 1.54) is 17.7 Å². The average molecular weight is 340 g/mol. The normalized spacial score (nSPS) is 14.4. The van der Waals surface area contributed by atoms with Gasteiger partial charge in [0.15, 0.2) is 4.80 Å². The van der Waals surface area contributed by atoms with Gasteiger partial charge in [-0.25, -0.2) is 9.79 Å². The molecule has 2 aromatic rings. The zero-order valence-corrected chi connectivity index (χ0v) is 14.0. The maximum atomic E-state index is 12.6. The van der Waals surface area contributed by atoms with E-state index in [1.54, 1.807) is 0 Å².